The van der Waals surface area contributed by atoms with Crippen LogP contribution in [0, 0.1) is 0 Å². The fraction of sp³-hybridized carbons (Fsp3) is 0.421. The molecule has 2 aromatic rings. The summed E-state index contributed by atoms with van der Waals surface area (Å²) < 4.78 is 0. The van der Waals surface area contributed by atoms with Crippen LogP contribution in [0.2, 0.25) is 0 Å². The van der Waals surface area contributed by atoms with Crippen LogP contribution >= 0.6 is 11.3 Å². The summed E-state index contributed by atoms with van der Waals surface area (Å²) in [5.41, 5.74) is 0.866. The van der Waals surface area contributed by atoms with Crippen molar-refractivity contribution in [3.63, 3.8) is 0 Å². The molecule has 0 unspecified atom stereocenters. The Morgan fingerprint density at radius 2 is 2.04 bits per heavy atom. The van der Waals surface area contributed by atoms with E-state index in [1.54, 1.807) is 23.7 Å². The topological polar surface area (TPSA) is 62.3 Å². The number of amides is 2. The number of piperidine rings is 1. The van der Waals surface area contributed by atoms with E-state index in [1.165, 1.54) is 0 Å². The summed E-state index contributed by atoms with van der Waals surface area (Å²) in [6.45, 7) is 1.43. The molecule has 0 saturated carbocycles. The van der Waals surface area contributed by atoms with Crippen molar-refractivity contribution in [2.24, 2.45) is 0 Å². The summed E-state index contributed by atoms with van der Waals surface area (Å²) in [6.07, 6.45) is 6.42. The third-order valence-corrected chi connectivity index (χ3v) is 6.26. The van der Waals surface area contributed by atoms with E-state index in [1.807, 2.05) is 34.5 Å². The average molecular weight is 355 g/mol. The van der Waals surface area contributed by atoms with Crippen molar-refractivity contribution < 1.29 is 9.59 Å². The van der Waals surface area contributed by atoms with E-state index in [4.69, 9.17) is 0 Å². The van der Waals surface area contributed by atoms with Crippen LogP contribution in [-0.2, 0) is 16.0 Å². The van der Waals surface area contributed by atoms with Crippen molar-refractivity contribution in [1.29, 1.82) is 0 Å². The Hall–Kier alpha value is -2.21. The van der Waals surface area contributed by atoms with Gasteiger partial charge in [-0.05, 0) is 48.4 Å². The summed E-state index contributed by atoms with van der Waals surface area (Å²) in [5, 5.41) is 5.23. The maximum Gasteiger partial charge on any atom is 0.228 e. The molecule has 2 fully saturated rings. The minimum Gasteiger partial charge on any atom is -0.350 e. The normalized spacial score (nSPS) is 22.2. The lowest BCUT2D eigenvalue weighted by atomic mass is 9.82. The molecule has 0 aliphatic carbocycles. The van der Waals surface area contributed by atoms with E-state index in [-0.39, 0.29) is 23.3 Å². The molecule has 0 bridgehead atoms. The highest BCUT2D eigenvalue weighted by molar-refractivity contribution is 7.10. The predicted octanol–water partition coefficient (Wildman–Crippen LogP) is 2.35. The van der Waals surface area contributed by atoms with E-state index in [9.17, 15) is 9.59 Å². The van der Waals surface area contributed by atoms with Gasteiger partial charge in [-0.25, -0.2) is 0 Å². The van der Waals surface area contributed by atoms with Gasteiger partial charge in [-0.3, -0.25) is 14.6 Å². The molecule has 4 rings (SSSR count). The Balaban J connectivity index is 1.38. The second-order valence-electron chi connectivity index (χ2n) is 6.94. The quantitative estimate of drug-likeness (QED) is 0.919. The molecule has 4 heterocycles. The molecule has 6 heteroatoms. The van der Waals surface area contributed by atoms with Crippen LogP contribution in [0.25, 0.3) is 0 Å². The van der Waals surface area contributed by atoms with E-state index in [0.29, 0.717) is 19.5 Å². The first-order valence-electron chi connectivity index (χ1n) is 8.67. The lowest BCUT2D eigenvalue weighted by Crippen LogP contribution is -2.52. The zero-order valence-corrected chi connectivity index (χ0v) is 14.8. The zero-order chi connectivity index (χ0) is 17.3. The molecule has 0 radical (unpaired) electrons. The number of hydrogen-bond acceptors (Lipinski definition) is 4. The number of carbonyl (C=O) groups excluding carboxylic acids is 2. The molecule has 1 spiro atoms. The smallest absolute Gasteiger partial charge is 0.228 e. The number of rotatable bonds is 3. The molecule has 2 aromatic heterocycles. The Bertz CT molecular complexity index is 752. The van der Waals surface area contributed by atoms with Gasteiger partial charge in [-0.1, -0.05) is 6.07 Å². The maximum atomic E-state index is 12.5. The predicted molar refractivity (Wildman–Crippen MR) is 96.3 cm³/mol. The van der Waals surface area contributed by atoms with Crippen LogP contribution in [0.5, 0.6) is 0 Å². The Kier molecular flexibility index (Phi) is 4.29. The fourth-order valence-corrected chi connectivity index (χ4v) is 4.63. The lowest BCUT2D eigenvalue weighted by molar-refractivity contribution is -0.132. The summed E-state index contributed by atoms with van der Waals surface area (Å²) in [7, 11) is 0. The number of thiophene rings is 1. The summed E-state index contributed by atoms with van der Waals surface area (Å²) >= 11 is 1.62. The highest BCUT2D eigenvalue weighted by Gasteiger charge is 2.46. The second kappa shape index (κ2) is 6.59. The summed E-state index contributed by atoms with van der Waals surface area (Å²) in [5.74, 6) is 0.188. The van der Waals surface area contributed by atoms with Crippen molar-refractivity contribution in [3.05, 3.63) is 52.5 Å². The molecular weight excluding hydrogens is 334 g/mol. The molecule has 1 N–H and O–H groups in total. The molecule has 5 nitrogen and oxygen atoms in total. The number of nitrogens with one attached hydrogen (secondary N) is 1. The first-order chi connectivity index (χ1) is 12.2. The van der Waals surface area contributed by atoms with Gasteiger partial charge < -0.3 is 10.2 Å². The molecule has 2 aliphatic rings. The molecule has 0 aromatic carbocycles. The number of hydrogen-bond donors (Lipinski definition) is 1. The van der Waals surface area contributed by atoms with Gasteiger partial charge in [0.05, 0.1) is 12.3 Å². The highest BCUT2D eigenvalue weighted by Crippen LogP contribution is 2.39. The molecular formula is C19H21N3O2S. The van der Waals surface area contributed by atoms with Crippen LogP contribution < -0.4 is 5.32 Å². The Morgan fingerprint density at radius 1 is 1.28 bits per heavy atom. The van der Waals surface area contributed by atoms with Gasteiger partial charge in [0.2, 0.25) is 11.8 Å². The largest absolute Gasteiger partial charge is 0.350 e. The summed E-state index contributed by atoms with van der Waals surface area (Å²) in [6, 6.07) is 7.82. The van der Waals surface area contributed by atoms with Crippen LogP contribution in [0.4, 0.5) is 0 Å². The first kappa shape index (κ1) is 16.3. The monoisotopic (exact) mass is 355 g/mol. The molecule has 25 heavy (non-hydrogen) atoms. The van der Waals surface area contributed by atoms with Gasteiger partial charge in [0.1, 0.15) is 0 Å². The SMILES string of the molecule is O=C1NC2(CCN(C(=O)Cc3cccs3)CC2)C[C@H]1c1ccncc1. The number of nitrogens with zero attached hydrogens (tertiary/aromatic N) is 2. The van der Waals surface area contributed by atoms with E-state index in [2.05, 4.69) is 10.3 Å². The van der Waals surface area contributed by atoms with Crippen molar-refractivity contribution in [2.45, 2.75) is 37.1 Å². The van der Waals surface area contributed by atoms with Crippen LogP contribution in [0.15, 0.2) is 42.0 Å². The number of likely N-dealkylation sites (tertiary alicyclic amines) is 1. The third kappa shape index (κ3) is 3.31. The minimum atomic E-state index is -0.162. The first-order valence-corrected chi connectivity index (χ1v) is 9.55. The standard InChI is InChI=1S/C19H21N3O2S/c23-17(12-15-2-1-11-25-15)22-9-5-19(6-10-22)13-16(18(24)21-19)14-3-7-20-8-4-14/h1-4,7-8,11,16H,5-6,9-10,12-13H2,(H,21,24)/t16-/m0/s1. The van der Waals surface area contributed by atoms with Crippen LogP contribution in [0.1, 0.15) is 35.6 Å². The maximum absolute atomic E-state index is 12.5. The Labute approximate surface area is 151 Å². The summed E-state index contributed by atoms with van der Waals surface area (Å²) in [4.78, 5) is 32.0. The van der Waals surface area contributed by atoms with Gasteiger partial charge in [0.25, 0.3) is 0 Å². The van der Waals surface area contributed by atoms with Gasteiger partial charge in [-0.2, -0.15) is 0 Å². The van der Waals surface area contributed by atoms with Gasteiger partial charge in [0.15, 0.2) is 0 Å². The molecule has 2 amide bonds. The number of pyridine rings is 1. The number of aromatic nitrogens is 1. The Morgan fingerprint density at radius 3 is 2.72 bits per heavy atom. The van der Waals surface area contributed by atoms with E-state index < -0.39 is 0 Å². The van der Waals surface area contributed by atoms with Gasteiger partial charge in [-0.15, -0.1) is 11.3 Å². The third-order valence-electron chi connectivity index (χ3n) is 5.39. The van der Waals surface area contributed by atoms with Crippen molar-refractivity contribution in [3.8, 4) is 0 Å². The van der Waals surface area contributed by atoms with Gasteiger partial charge in [0, 0.05) is 35.9 Å². The van der Waals surface area contributed by atoms with Crippen molar-refractivity contribution in [1.82, 2.24) is 15.2 Å². The fourth-order valence-electron chi connectivity index (χ4n) is 3.94. The molecule has 130 valence electrons. The average Bonchev–Trinajstić information content (AvgIpc) is 3.24. The lowest BCUT2D eigenvalue weighted by Gasteiger charge is -2.39. The second-order valence-corrected chi connectivity index (χ2v) is 7.98. The highest BCUT2D eigenvalue weighted by atomic mass is 32.1. The van der Waals surface area contributed by atoms with Crippen molar-refractivity contribution >= 4 is 23.2 Å². The molecule has 2 saturated heterocycles. The van der Waals surface area contributed by atoms with E-state index in [0.717, 1.165) is 29.7 Å². The zero-order valence-electron chi connectivity index (χ0n) is 14.0. The number of carbonyl (C=O) groups is 2. The minimum absolute atomic E-state index is 0.101. The van der Waals surface area contributed by atoms with E-state index >= 15 is 0 Å². The molecule has 1 atom stereocenters. The van der Waals surface area contributed by atoms with Crippen LogP contribution in [-0.4, -0.2) is 40.3 Å². The van der Waals surface area contributed by atoms with Crippen molar-refractivity contribution in [2.75, 3.05) is 13.1 Å². The van der Waals surface area contributed by atoms with Crippen LogP contribution in [0.3, 0.4) is 0 Å². The van der Waals surface area contributed by atoms with Gasteiger partial charge >= 0.3 is 0 Å². The molecule has 2 aliphatic heterocycles.